The van der Waals surface area contributed by atoms with E-state index in [4.69, 9.17) is 0 Å². The zero-order chi connectivity index (χ0) is 15.9. The number of hydrogen-bond acceptors (Lipinski definition) is 3. The lowest BCUT2D eigenvalue weighted by atomic mass is 9.75. The molecule has 3 saturated carbocycles. The smallest absolute Gasteiger partial charge is 0.0773 e. The van der Waals surface area contributed by atoms with Crippen LogP contribution >= 0.6 is 0 Å². The molecule has 0 radical (unpaired) electrons. The molecule has 0 aromatic rings. The number of hydrogen-bond donors (Lipinski definition) is 2. The molecule has 0 aromatic carbocycles. The van der Waals surface area contributed by atoms with Crippen LogP contribution < -0.4 is 5.32 Å². The normalized spacial score (nSPS) is 27.9. The molecule has 0 spiro atoms. The monoisotopic (exact) mass is 320 g/mol. The summed E-state index contributed by atoms with van der Waals surface area (Å²) < 4.78 is 0. The van der Waals surface area contributed by atoms with E-state index >= 15 is 0 Å². The molecule has 0 aliphatic heterocycles. The van der Waals surface area contributed by atoms with Crippen LogP contribution in [0.3, 0.4) is 0 Å². The molecule has 0 amide bonds. The van der Waals surface area contributed by atoms with Crippen LogP contribution in [0, 0.1) is 11.8 Å². The second-order valence-corrected chi connectivity index (χ2v) is 8.24. The van der Waals surface area contributed by atoms with Crippen molar-refractivity contribution in [3.63, 3.8) is 0 Å². The summed E-state index contributed by atoms with van der Waals surface area (Å²) in [5, 5.41) is 17.7. The molecule has 1 atom stereocenters. The van der Waals surface area contributed by atoms with Gasteiger partial charge in [-0.25, -0.2) is 0 Å². The Hall–Kier alpha value is -0.570. The van der Waals surface area contributed by atoms with Crippen LogP contribution in [0.15, 0.2) is 5.16 Å². The molecule has 0 heterocycles. The molecule has 1 unspecified atom stereocenters. The van der Waals surface area contributed by atoms with Crippen LogP contribution in [-0.2, 0) is 0 Å². The molecule has 23 heavy (non-hydrogen) atoms. The van der Waals surface area contributed by atoms with Gasteiger partial charge in [-0.3, -0.25) is 0 Å². The SMILES string of the molecule is O/N=C(\C1CCCCC1)C(NC1CCCCC1)C1CCCCC1. The van der Waals surface area contributed by atoms with Gasteiger partial charge in [0.15, 0.2) is 0 Å². The second kappa shape index (κ2) is 9.05. The van der Waals surface area contributed by atoms with Crippen molar-refractivity contribution < 1.29 is 5.21 Å². The quantitative estimate of drug-likeness (QED) is 0.412. The maximum absolute atomic E-state index is 9.86. The zero-order valence-corrected chi connectivity index (χ0v) is 14.8. The molecular weight excluding hydrogens is 284 g/mol. The Morgan fingerprint density at radius 2 is 1.26 bits per heavy atom. The summed E-state index contributed by atoms with van der Waals surface area (Å²) in [6, 6.07) is 0.988. The maximum atomic E-state index is 9.86. The molecule has 3 heteroatoms. The lowest BCUT2D eigenvalue weighted by molar-refractivity contribution is 0.249. The highest BCUT2D eigenvalue weighted by atomic mass is 16.4. The first-order chi connectivity index (χ1) is 11.4. The molecule has 2 N–H and O–H groups in total. The molecule has 0 bridgehead atoms. The third-order valence-corrected chi connectivity index (χ3v) is 6.60. The largest absolute Gasteiger partial charge is 0.411 e. The topological polar surface area (TPSA) is 44.6 Å². The van der Waals surface area contributed by atoms with E-state index < -0.39 is 0 Å². The molecular formula is C20H36N2O. The van der Waals surface area contributed by atoms with E-state index in [2.05, 4.69) is 10.5 Å². The average Bonchev–Trinajstić information content (AvgIpc) is 2.64. The highest BCUT2D eigenvalue weighted by Crippen LogP contribution is 2.33. The van der Waals surface area contributed by atoms with Crippen LogP contribution in [0.4, 0.5) is 0 Å². The van der Waals surface area contributed by atoms with Crippen LogP contribution in [0.5, 0.6) is 0 Å². The van der Waals surface area contributed by atoms with Crippen LogP contribution in [0.25, 0.3) is 0 Å². The van der Waals surface area contributed by atoms with Gasteiger partial charge in [0, 0.05) is 12.0 Å². The van der Waals surface area contributed by atoms with Crippen LogP contribution in [0.2, 0.25) is 0 Å². The van der Waals surface area contributed by atoms with Crippen molar-refractivity contribution >= 4 is 5.71 Å². The lowest BCUT2D eigenvalue weighted by Gasteiger charge is -2.38. The average molecular weight is 321 g/mol. The molecule has 3 fully saturated rings. The van der Waals surface area contributed by atoms with Gasteiger partial charge in [-0.15, -0.1) is 0 Å². The molecule has 0 saturated heterocycles. The van der Waals surface area contributed by atoms with Gasteiger partial charge >= 0.3 is 0 Å². The molecule has 3 aliphatic carbocycles. The van der Waals surface area contributed by atoms with Crippen molar-refractivity contribution in [2.75, 3.05) is 0 Å². The van der Waals surface area contributed by atoms with E-state index in [1.54, 1.807) is 0 Å². The standard InChI is InChI=1S/C20H36N2O/c23-22-20(17-12-6-2-7-13-17)19(16-10-4-1-5-11-16)21-18-14-8-3-9-15-18/h16-19,21,23H,1-15H2/b22-20+. The van der Waals surface area contributed by atoms with E-state index in [1.165, 1.54) is 96.3 Å². The van der Waals surface area contributed by atoms with Gasteiger partial charge in [-0.1, -0.05) is 62.9 Å². The third-order valence-electron chi connectivity index (χ3n) is 6.60. The van der Waals surface area contributed by atoms with Crippen molar-refractivity contribution in [3.05, 3.63) is 0 Å². The predicted octanol–water partition coefficient (Wildman–Crippen LogP) is 5.27. The Kier molecular flexibility index (Phi) is 6.79. The minimum absolute atomic E-state index is 0.339. The highest BCUT2D eigenvalue weighted by Gasteiger charge is 2.34. The van der Waals surface area contributed by atoms with Crippen molar-refractivity contribution in [1.82, 2.24) is 5.32 Å². The molecule has 132 valence electrons. The van der Waals surface area contributed by atoms with Crippen LogP contribution in [0.1, 0.15) is 96.3 Å². The number of oxime groups is 1. The Morgan fingerprint density at radius 3 is 1.83 bits per heavy atom. The minimum Gasteiger partial charge on any atom is -0.411 e. The summed E-state index contributed by atoms with van der Waals surface area (Å²) in [6.07, 6.45) is 19.9. The molecule has 3 nitrogen and oxygen atoms in total. The van der Waals surface area contributed by atoms with E-state index in [0.717, 1.165) is 5.71 Å². The summed E-state index contributed by atoms with van der Waals surface area (Å²) in [7, 11) is 0. The first-order valence-corrected chi connectivity index (χ1v) is 10.4. The summed E-state index contributed by atoms with van der Waals surface area (Å²) in [4.78, 5) is 0. The Bertz CT molecular complexity index is 364. The van der Waals surface area contributed by atoms with Gasteiger partial charge in [0.25, 0.3) is 0 Å². The predicted molar refractivity (Wildman–Crippen MR) is 96.2 cm³/mol. The summed E-state index contributed by atoms with van der Waals surface area (Å²) >= 11 is 0. The summed E-state index contributed by atoms with van der Waals surface area (Å²) in [5.74, 6) is 1.22. The Morgan fingerprint density at radius 1 is 0.739 bits per heavy atom. The highest BCUT2D eigenvalue weighted by molar-refractivity contribution is 5.91. The van der Waals surface area contributed by atoms with Gasteiger partial charge in [-0.2, -0.15) is 0 Å². The van der Waals surface area contributed by atoms with Gasteiger partial charge in [0.1, 0.15) is 0 Å². The fraction of sp³-hybridized carbons (Fsp3) is 0.950. The fourth-order valence-corrected chi connectivity index (χ4v) is 5.25. The van der Waals surface area contributed by atoms with Gasteiger partial charge in [0.2, 0.25) is 0 Å². The van der Waals surface area contributed by atoms with E-state index in [0.29, 0.717) is 23.9 Å². The van der Waals surface area contributed by atoms with Crippen molar-refractivity contribution in [2.45, 2.75) is 108 Å². The van der Waals surface area contributed by atoms with E-state index in [-0.39, 0.29) is 0 Å². The van der Waals surface area contributed by atoms with Gasteiger partial charge in [0.05, 0.1) is 11.8 Å². The number of nitrogens with one attached hydrogen (secondary N) is 1. The second-order valence-electron chi connectivity index (χ2n) is 8.24. The van der Waals surface area contributed by atoms with E-state index in [1.807, 2.05) is 0 Å². The van der Waals surface area contributed by atoms with Crippen molar-refractivity contribution in [3.8, 4) is 0 Å². The first kappa shape index (κ1) is 17.3. The van der Waals surface area contributed by atoms with Gasteiger partial charge in [-0.05, 0) is 44.4 Å². The molecule has 0 aromatic heterocycles. The van der Waals surface area contributed by atoms with E-state index in [9.17, 15) is 5.21 Å². The number of rotatable bonds is 5. The summed E-state index contributed by atoms with van der Waals surface area (Å²) in [6.45, 7) is 0. The van der Waals surface area contributed by atoms with Crippen molar-refractivity contribution in [2.24, 2.45) is 17.0 Å². The minimum atomic E-state index is 0.339. The summed E-state index contributed by atoms with van der Waals surface area (Å²) in [5.41, 5.74) is 1.11. The van der Waals surface area contributed by atoms with Crippen LogP contribution in [-0.4, -0.2) is 23.0 Å². The first-order valence-electron chi connectivity index (χ1n) is 10.4. The third kappa shape index (κ3) is 4.71. The Labute approximate surface area is 142 Å². The zero-order valence-electron chi connectivity index (χ0n) is 14.8. The fourth-order valence-electron chi connectivity index (χ4n) is 5.25. The van der Waals surface area contributed by atoms with Crippen molar-refractivity contribution in [1.29, 1.82) is 0 Å². The van der Waals surface area contributed by atoms with Gasteiger partial charge < -0.3 is 10.5 Å². The lowest BCUT2D eigenvalue weighted by Crippen LogP contribution is -2.51. The molecule has 3 aliphatic rings. The Balaban J connectivity index is 1.71. The number of nitrogens with zero attached hydrogens (tertiary/aromatic N) is 1. The maximum Gasteiger partial charge on any atom is 0.0773 e. The molecule has 3 rings (SSSR count).